The molecule has 2 saturated carbocycles. The molecule has 2 fully saturated rings. The summed E-state index contributed by atoms with van der Waals surface area (Å²) in [5.41, 5.74) is 0. The molecule has 0 N–H and O–H groups in total. The van der Waals surface area contributed by atoms with E-state index in [4.69, 9.17) is 0 Å². The molecule has 0 saturated heterocycles. The predicted octanol–water partition coefficient (Wildman–Crippen LogP) is 6.55. The van der Waals surface area contributed by atoms with Gasteiger partial charge in [-0.1, -0.05) is 66.7 Å². The Balaban J connectivity index is 2.14. The van der Waals surface area contributed by atoms with Gasteiger partial charge >= 0.3 is 0 Å². The number of hydrogen-bond acceptors (Lipinski definition) is 0. The van der Waals surface area contributed by atoms with E-state index in [2.05, 4.69) is 34.6 Å². The van der Waals surface area contributed by atoms with Crippen LogP contribution in [0.25, 0.3) is 0 Å². The fourth-order valence-electron chi connectivity index (χ4n) is 5.32. The van der Waals surface area contributed by atoms with Gasteiger partial charge in [-0.25, -0.2) is 0 Å². The van der Waals surface area contributed by atoms with Crippen LogP contribution in [-0.2, 0) is 0 Å². The van der Waals surface area contributed by atoms with Crippen LogP contribution >= 0.6 is 0 Å². The zero-order valence-corrected chi connectivity index (χ0v) is 14.7. The lowest BCUT2D eigenvalue weighted by atomic mass is 9.60. The molecule has 0 heteroatoms. The standard InChI is InChI=1S/C20H38/c1-14(2)18-12-10-17(5)19-11-9-15(3)7-6-8-16(4)13-20(18)19/h14-20H,6-13H2,1-5H3/t15?,16?,17?,18?,19-,20-/m1/s1. The van der Waals surface area contributed by atoms with Gasteiger partial charge in [-0.2, -0.15) is 0 Å². The van der Waals surface area contributed by atoms with Gasteiger partial charge in [0.1, 0.15) is 0 Å². The molecule has 0 radical (unpaired) electrons. The zero-order chi connectivity index (χ0) is 14.7. The van der Waals surface area contributed by atoms with Crippen LogP contribution < -0.4 is 0 Å². The molecule has 2 aliphatic carbocycles. The summed E-state index contributed by atoms with van der Waals surface area (Å²) < 4.78 is 0. The summed E-state index contributed by atoms with van der Waals surface area (Å²) in [5.74, 6) is 6.86. The van der Waals surface area contributed by atoms with Gasteiger partial charge in [0, 0.05) is 0 Å². The summed E-state index contributed by atoms with van der Waals surface area (Å²) in [6.07, 6.45) is 12.0. The van der Waals surface area contributed by atoms with Crippen LogP contribution in [0.5, 0.6) is 0 Å². The number of rotatable bonds is 1. The Morgan fingerprint density at radius 3 is 2.10 bits per heavy atom. The molecule has 0 nitrogen and oxygen atoms in total. The van der Waals surface area contributed by atoms with Gasteiger partial charge in [-0.05, 0) is 60.7 Å². The molecule has 2 aliphatic rings. The molecule has 0 aromatic carbocycles. The van der Waals surface area contributed by atoms with Gasteiger partial charge in [-0.3, -0.25) is 0 Å². The van der Waals surface area contributed by atoms with Crippen molar-refractivity contribution in [3.63, 3.8) is 0 Å². The highest BCUT2D eigenvalue weighted by Crippen LogP contribution is 2.48. The topological polar surface area (TPSA) is 0 Å². The van der Waals surface area contributed by atoms with Crippen LogP contribution in [-0.4, -0.2) is 0 Å². The maximum absolute atomic E-state index is 2.55. The van der Waals surface area contributed by atoms with Crippen LogP contribution in [0.3, 0.4) is 0 Å². The summed E-state index contributed by atoms with van der Waals surface area (Å²) in [5, 5.41) is 0. The van der Waals surface area contributed by atoms with Gasteiger partial charge in [0.2, 0.25) is 0 Å². The molecule has 0 aromatic heterocycles. The van der Waals surface area contributed by atoms with Crippen LogP contribution in [0.4, 0.5) is 0 Å². The van der Waals surface area contributed by atoms with E-state index in [1.54, 1.807) is 0 Å². The largest absolute Gasteiger partial charge is 0.0625 e. The second-order valence-corrected chi connectivity index (χ2v) is 8.74. The Morgan fingerprint density at radius 2 is 1.40 bits per heavy atom. The molecule has 20 heavy (non-hydrogen) atoms. The Labute approximate surface area is 128 Å². The fraction of sp³-hybridized carbons (Fsp3) is 1.00. The van der Waals surface area contributed by atoms with E-state index in [1.165, 1.54) is 51.4 Å². The lowest BCUT2D eigenvalue weighted by Gasteiger charge is -2.46. The van der Waals surface area contributed by atoms with E-state index < -0.39 is 0 Å². The molecular weight excluding hydrogens is 240 g/mol. The monoisotopic (exact) mass is 278 g/mol. The molecule has 0 aromatic rings. The molecule has 118 valence electrons. The second-order valence-electron chi connectivity index (χ2n) is 8.74. The summed E-state index contributed by atoms with van der Waals surface area (Å²) in [4.78, 5) is 0. The third-order valence-corrected chi connectivity index (χ3v) is 6.70. The summed E-state index contributed by atoms with van der Waals surface area (Å²) in [6, 6.07) is 0. The van der Waals surface area contributed by atoms with Crippen LogP contribution in [0.1, 0.15) is 86.0 Å². The molecule has 6 atom stereocenters. The first-order chi connectivity index (χ1) is 9.49. The van der Waals surface area contributed by atoms with Crippen molar-refractivity contribution in [3.8, 4) is 0 Å². The van der Waals surface area contributed by atoms with Crippen molar-refractivity contribution in [3.05, 3.63) is 0 Å². The Hall–Kier alpha value is 0. The minimum Gasteiger partial charge on any atom is -0.0625 e. The first-order valence-corrected chi connectivity index (χ1v) is 9.49. The zero-order valence-electron chi connectivity index (χ0n) is 14.7. The molecule has 0 bridgehead atoms. The average Bonchev–Trinajstić information content (AvgIpc) is 2.37. The third kappa shape index (κ3) is 4.01. The van der Waals surface area contributed by atoms with E-state index in [0.29, 0.717) is 0 Å². The summed E-state index contributed by atoms with van der Waals surface area (Å²) >= 11 is 0. The third-order valence-electron chi connectivity index (χ3n) is 6.70. The number of fused-ring (bicyclic) bond motifs is 1. The van der Waals surface area contributed by atoms with Crippen molar-refractivity contribution < 1.29 is 0 Å². The number of hydrogen-bond donors (Lipinski definition) is 0. The molecule has 0 amide bonds. The maximum Gasteiger partial charge on any atom is -0.0350 e. The lowest BCUT2D eigenvalue weighted by Crippen LogP contribution is -2.37. The van der Waals surface area contributed by atoms with Crippen molar-refractivity contribution in [2.45, 2.75) is 86.0 Å². The van der Waals surface area contributed by atoms with Gasteiger partial charge in [0.15, 0.2) is 0 Å². The molecule has 0 heterocycles. The summed E-state index contributed by atoms with van der Waals surface area (Å²) in [7, 11) is 0. The van der Waals surface area contributed by atoms with Crippen molar-refractivity contribution >= 4 is 0 Å². The van der Waals surface area contributed by atoms with E-state index in [0.717, 1.165) is 41.4 Å². The predicted molar refractivity (Wildman–Crippen MR) is 89.7 cm³/mol. The quantitative estimate of drug-likeness (QED) is 0.510. The van der Waals surface area contributed by atoms with E-state index in [-0.39, 0.29) is 0 Å². The van der Waals surface area contributed by atoms with E-state index >= 15 is 0 Å². The van der Waals surface area contributed by atoms with E-state index in [1.807, 2.05) is 0 Å². The van der Waals surface area contributed by atoms with Crippen LogP contribution in [0.2, 0.25) is 0 Å². The van der Waals surface area contributed by atoms with Crippen molar-refractivity contribution in [1.82, 2.24) is 0 Å². The highest BCUT2D eigenvalue weighted by molar-refractivity contribution is 4.88. The maximum atomic E-state index is 2.55. The van der Waals surface area contributed by atoms with E-state index in [9.17, 15) is 0 Å². The molecule has 0 aliphatic heterocycles. The second kappa shape index (κ2) is 7.32. The average molecular weight is 279 g/mol. The van der Waals surface area contributed by atoms with Crippen molar-refractivity contribution in [2.75, 3.05) is 0 Å². The minimum atomic E-state index is 0.891. The van der Waals surface area contributed by atoms with Gasteiger partial charge in [0.05, 0.1) is 0 Å². The smallest absolute Gasteiger partial charge is 0.0350 e. The molecular formula is C20H38. The highest BCUT2D eigenvalue weighted by Gasteiger charge is 2.39. The van der Waals surface area contributed by atoms with Gasteiger partial charge in [0.25, 0.3) is 0 Å². The lowest BCUT2D eigenvalue weighted by molar-refractivity contribution is 0.0392. The highest BCUT2D eigenvalue weighted by atomic mass is 14.4. The summed E-state index contributed by atoms with van der Waals surface area (Å²) in [6.45, 7) is 12.5. The molecule has 0 spiro atoms. The first kappa shape index (κ1) is 16.4. The van der Waals surface area contributed by atoms with Crippen molar-refractivity contribution in [1.29, 1.82) is 0 Å². The SMILES string of the molecule is CC1CCCC(C)C[C@@H]2C(C(C)C)CCC(C)[C@H]2CC1. The Bertz CT molecular complexity index is 280. The fourth-order valence-corrected chi connectivity index (χ4v) is 5.32. The van der Waals surface area contributed by atoms with Gasteiger partial charge in [-0.15, -0.1) is 0 Å². The molecule has 2 rings (SSSR count). The van der Waals surface area contributed by atoms with Crippen LogP contribution in [0, 0.1) is 41.4 Å². The first-order valence-electron chi connectivity index (χ1n) is 9.49. The van der Waals surface area contributed by atoms with Crippen LogP contribution in [0.15, 0.2) is 0 Å². The van der Waals surface area contributed by atoms with Crippen molar-refractivity contribution in [2.24, 2.45) is 41.4 Å². The normalized spacial score (nSPS) is 44.1. The van der Waals surface area contributed by atoms with Gasteiger partial charge < -0.3 is 0 Å². The Kier molecular flexibility index (Phi) is 5.99. The minimum absolute atomic E-state index is 0.891. The molecule has 4 unspecified atom stereocenters. The Morgan fingerprint density at radius 1 is 0.700 bits per heavy atom.